The van der Waals surface area contributed by atoms with E-state index in [1.807, 2.05) is 18.7 Å². The van der Waals surface area contributed by atoms with Crippen molar-refractivity contribution >= 4 is 5.91 Å². The highest BCUT2D eigenvalue weighted by Crippen LogP contribution is 2.31. The number of aromatic nitrogens is 3. The number of hydrogen-bond donors (Lipinski definition) is 0. The van der Waals surface area contributed by atoms with Crippen molar-refractivity contribution in [1.29, 1.82) is 0 Å². The second-order valence-electron chi connectivity index (χ2n) is 7.65. The fraction of sp³-hybridized carbons (Fsp3) is 0.737. The van der Waals surface area contributed by atoms with Gasteiger partial charge >= 0.3 is 0 Å². The molecule has 1 aromatic rings. The summed E-state index contributed by atoms with van der Waals surface area (Å²) in [6.45, 7) is 15.5. The molecular weight excluding hydrogens is 330 g/mol. The van der Waals surface area contributed by atoms with E-state index in [9.17, 15) is 4.79 Å². The molecule has 0 aromatic carbocycles. The smallest absolute Gasteiger partial charge is 0.274 e. The third kappa shape index (κ3) is 3.99. The molecule has 2 fully saturated rings. The van der Waals surface area contributed by atoms with E-state index in [1.165, 1.54) is 5.57 Å². The van der Waals surface area contributed by atoms with Crippen LogP contribution < -0.4 is 0 Å². The zero-order chi connectivity index (χ0) is 18.7. The van der Waals surface area contributed by atoms with Gasteiger partial charge in [-0.15, -0.1) is 11.7 Å². The minimum atomic E-state index is -0.202. The molecule has 26 heavy (non-hydrogen) atoms. The molecule has 2 saturated heterocycles. The van der Waals surface area contributed by atoms with Crippen LogP contribution in [-0.2, 0) is 11.3 Å². The number of morpholine rings is 1. The van der Waals surface area contributed by atoms with Gasteiger partial charge in [-0.25, -0.2) is 4.68 Å². The number of rotatable bonds is 5. The van der Waals surface area contributed by atoms with Gasteiger partial charge in [0.1, 0.15) is 5.69 Å². The Morgan fingerprint density at radius 3 is 2.69 bits per heavy atom. The normalized spacial score (nSPS) is 20.5. The van der Waals surface area contributed by atoms with Gasteiger partial charge in [0.15, 0.2) is 0 Å². The van der Waals surface area contributed by atoms with E-state index >= 15 is 0 Å². The molecule has 3 heterocycles. The molecule has 2 aliphatic rings. The Morgan fingerprint density at radius 1 is 1.31 bits per heavy atom. The molecule has 1 amide bonds. The van der Waals surface area contributed by atoms with E-state index < -0.39 is 0 Å². The first-order valence-corrected chi connectivity index (χ1v) is 9.64. The quantitative estimate of drug-likeness (QED) is 0.750. The fourth-order valence-corrected chi connectivity index (χ4v) is 3.89. The molecule has 1 aromatic heterocycles. The first kappa shape index (κ1) is 19.0. The number of nitrogens with zero attached hydrogens (tertiary/aromatic N) is 5. The maximum atomic E-state index is 13.1. The highest BCUT2D eigenvalue weighted by atomic mass is 16.5. The summed E-state index contributed by atoms with van der Waals surface area (Å²) < 4.78 is 7.88. The van der Waals surface area contributed by atoms with E-state index in [2.05, 4.69) is 28.7 Å². The van der Waals surface area contributed by atoms with Crippen LogP contribution >= 0.6 is 0 Å². The minimum absolute atomic E-state index is 0.0294. The van der Waals surface area contributed by atoms with Gasteiger partial charge in [0.25, 0.3) is 5.91 Å². The molecule has 0 saturated carbocycles. The SMILES string of the molecule is C=C(C)CCN1CCC2(CC1)CN(C(=O)c1c(C)nnn1CC)CCO2. The third-order valence-corrected chi connectivity index (χ3v) is 5.56. The summed E-state index contributed by atoms with van der Waals surface area (Å²) in [7, 11) is 0. The number of likely N-dealkylation sites (tertiary alicyclic amines) is 1. The lowest BCUT2D eigenvalue weighted by molar-refractivity contribution is -0.127. The van der Waals surface area contributed by atoms with Gasteiger partial charge in [0.2, 0.25) is 0 Å². The van der Waals surface area contributed by atoms with Crippen molar-refractivity contribution in [2.75, 3.05) is 39.3 Å². The predicted octanol–water partition coefficient (Wildman–Crippen LogP) is 1.88. The Hall–Kier alpha value is -1.73. The number of ether oxygens (including phenoxy) is 1. The van der Waals surface area contributed by atoms with Crippen LogP contribution in [0.2, 0.25) is 0 Å². The molecule has 0 aliphatic carbocycles. The summed E-state index contributed by atoms with van der Waals surface area (Å²) in [5.74, 6) is 0.0294. The van der Waals surface area contributed by atoms with Crippen LogP contribution in [0.3, 0.4) is 0 Å². The number of piperidine rings is 1. The largest absolute Gasteiger partial charge is 0.371 e. The number of hydrogen-bond acceptors (Lipinski definition) is 5. The third-order valence-electron chi connectivity index (χ3n) is 5.56. The second kappa shape index (κ2) is 7.88. The molecule has 0 atom stereocenters. The lowest BCUT2D eigenvalue weighted by atomic mass is 9.89. The van der Waals surface area contributed by atoms with Gasteiger partial charge < -0.3 is 14.5 Å². The van der Waals surface area contributed by atoms with E-state index in [0.717, 1.165) is 38.9 Å². The topological polar surface area (TPSA) is 63.5 Å². The van der Waals surface area contributed by atoms with E-state index in [1.54, 1.807) is 4.68 Å². The molecule has 0 radical (unpaired) electrons. The highest BCUT2D eigenvalue weighted by Gasteiger charge is 2.41. The molecule has 144 valence electrons. The van der Waals surface area contributed by atoms with Crippen molar-refractivity contribution in [2.45, 2.75) is 52.2 Å². The van der Waals surface area contributed by atoms with E-state index in [0.29, 0.717) is 37.6 Å². The van der Waals surface area contributed by atoms with Crippen molar-refractivity contribution in [3.8, 4) is 0 Å². The first-order chi connectivity index (χ1) is 12.4. The summed E-state index contributed by atoms with van der Waals surface area (Å²) in [5.41, 5.74) is 2.34. The van der Waals surface area contributed by atoms with Gasteiger partial charge in [-0.3, -0.25) is 4.79 Å². The Bertz CT molecular complexity index is 661. The van der Waals surface area contributed by atoms with Crippen LogP contribution in [0.1, 0.15) is 49.3 Å². The average Bonchev–Trinajstić information content (AvgIpc) is 3.01. The van der Waals surface area contributed by atoms with Crippen LogP contribution in [0, 0.1) is 6.92 Å². The summed E-state index contributed by atoms with van der Waals surface area (Å²) in [6.07, 6.45) is 2.99. The molecule has 1 spiro atoms. The van der Waals surface area contributed by atoms with Crippen molar-refractivity contribution in [3.63, 3.8) is 0 Å². The minimum Gasteiger partial charge on any atom is -0.371 e. The van der Waals surface area contributed by atoms with Crippen LogP contribution in [-0.4, -0.2) is 75.6 Å². The zero-order valence-corrected chi connectivity index (χ0v) is 16.3. The number of aryl methyl sites for hydroxylation is 2. The highest BCUT2D eigenvalue weighted by molar-refractivity contribution is 5.93. The average molecular weight is 361 g/mol. The molecule has 0 N–H and O–H groups in total. The number of carbonyl (C=O) groups excluding carboxylic acids is 1. The summed E-state index contributed by atoms with van der Waals surface area (Å²) in [4.78, 5) is 17.5. The van der Waals surface area contributed by atoms with Gasteiger partial charge in [0, 0.05) is 32.7 Å². The molecule has 2 aliphatic heterocycles. The Labute approximate surface area is 156 Å². The number of carbonyl (C=O) groups is 1. The maximum absolute atomic E-state index is 13.1. The van der Waals surface area contributed by atoms with Crippen LogP contribution in [0.25, 0.3) is 0 Å². The molecule has 0 bridgehead atoms. The van der Waals surface area contributed by atoms with Crippen molar-refractivity contribution in [2.24, 2.45) is 0 Å². The molecule has 3 rings (SSSR count). The standard InChI is InChI=1S/C19H31N5O2/c1-5-24-17(16(4)20-21-24)18(25)23-12-13-26-19(14-23)7-10-22(11-8-19)9-6-15(2)3/h2,5-14H2,1,3-4H3. The van der Waals surface area contributed by atoms with E-state index in [4.69, 9.17) is 4.74 Å². The lowest BCUT2D eigenvalue weighted by Crippen LogP contribution is -2.58. The molecule has 0 unspecified atom stereocenters. The number of amides is 1. The summed E-state index contributed by atoms with van der Waals surface area (Å²) >= 11 is 0. The van der Waals surface area contributed by atoms with Gasteiger partial charge in [-0.2, -0.15) is 0 Å². The van der Waals surface area contributed by atoms with Crippen molar-refractivity contribution in [1.82, 2.24) is 24.8 Å². The maximum Gasteiger partial charge on any atom is 0.274 e. The zero-order valence-electron chi connectivity index (χ0n) is 16.3. The molecular formula is C19H31N5O2. The Morgan fingerprint density at radius 2 is 2.04 bits per heavy atom. The second-order valence-corrected chi connectivity index (χ2v) is 7.65. The molecule has 7 nitrogen and oxygen atoms in total. The molecule has 7 heteroatoms. The van der Waals surface area contributed by atoms with Gasteiger partial charge in [-0.05, 0) is 40.0 Å². The fourth-order valence-electron chi connectivity index (χ4n) is 3.89. The van der Waals surface area contributed by atoms with Crippen molar-refractivity contribution < 1.29 is 9.53 Å². The predicted molar refractivity (Wildman–Crippen MR) is 100 cm³/mol. The van der Waals surface area contributed by atoms with Crippen LogP contribution in [0.15, 0.2) is 12.2 Å². The van der Waals surface area contributed by atoms with Gasteiger partial charge in [0.05, 0.1) is 24.4 Å². The van der Waals surface area contributed by atoms with E-state index in [-0.39, 0.29) is 11.5 Å². The first-order valence-electron chi connectivity index (χ1n) is 9.64. The van der Waals surface area contributed by atoms with Gasteiger partial charge in [-0.1, -0.05) is 10.8 Å². The Balaban J connectivity index is 1.63. The van der Waals surface area contributed by atoms with Crippen LogP contribution in [0.5, 0.6) is 0 Å². The monoisotopic (exact) mass is 361 g/mol. The lowest BCUT2D eigenvalue weighted by Gasteiger charge is -2.47. The van der Waals surface area contributed by atoms with Crippen molar-refractivity contribution in [3.05, 3.63) is 23.5 Å². The Kier molecular flexibility index (Phi) is 5.77. The summed E-state index contributed by atoms with van der Waals surface area (Å²) in [5, 5.41) is 8.15. The summed E-state index contributed by atoms with van der Waals surface area (Å²) in [6, 6.07) is 0. The van der Waals surface area contributed by atoms with Crippen LogP contribution in [0.4, 0.5) is 0 Å².